The van der Waals surface area contributed by atoms with E-state index in [4.69, 9.17) is 4.74 Å². The van der Waals surface area contributed by atoms with Gasteiger partial charge in [0, 0.05) is 10.5 Å². The molecule has 7 heteroatoms. The van der Waals surface area contributed by atoms with Crippen LogP contribution in [0.1, 0.15) is 31.3 Å². The van der Waals surface area contributed by atoms with Crippen LogP contribution in [-0.2, 0) is 0 Å². The van der Waals surface area contributed by atoms with Crippen molar-refractivity contribution in [2.45, 2.75) is 26.8 Å². The third kappa shape index (κ3) is 3.30. The van der Waals surface area contributed by atoms with Crippen LogP contribution in [0.4, 0.5) is 0 Å². The van der Waals surface area contributed by atoms with E-state index in [-0.39, 0.29) is 6.04 Å². The van der Waals surface area contributed by atoms with Crippen molar-refractivity contribution in [3.05, 3.63) is 32.5 Å². The lowest BCUT2D eigenvalue weighted by Gasteiger charge is -2.12. The van der Waals surface area contributed by atoms with E-state index in [1.54, 1.807) is 7.11 Å². The van der Waals surface area contributed by atoms with Gasteiger partial charge in [-0.25, -0.2) is 4.68 Å². The number of rotatable bonds is 5. The van der Waals surface area contributed by atoms with Crippen molar-refractivity contribution in [1.82, 2.24) is 20.3 Å². The Kier molecular flexibility index (Phi) is 5.40. The molecule has 0 saturated carbocycles. The average molecular weight is 418 g/mol. The van der Waals surface area contributed by atoms with Crippen LogP contribution in [-0.4, -0.2) is 28.6 Å². The highest BCUT2D eigenvalue weighted by atomic mass is 79.9. The summed E-state index contributed by atoms with van der Waals surface area (Å²) < 4.78 is 8.99. The molecule has 1 heterocycles. The molecule has 0 bridgehead atoms. The molecular formula is C14H18Br2N4O. The number of hydrogen-bond donors (Lipinski definition) is 1. The smallest absolute Gasteiger partial charge is 0.135 e. The summed E-state index contributed by atoms with van der Waals surface area (Å²) in [6.07, 6.45) is 0. The second-order valence-corrected chi connectivity index (χ2v) is 6.40. The number of nitrogens with one attached hydrogen (secondary N) is 1. The molecule has 1 unspecified atom stereocenters. The van der Waals surface area contributed by atoms with Crippen LogP contribution in [0.5, 0.6) is 5.75 Å². The summed E-state index contributed by atoms with van der Waals surface area (Å²) in [5, 5.41) is 11.9. The second kappa shape index (κ2) is 6.89. The summed E-state index contributed by atoms with van der Waals surface area (Å²) in [6, 6.07) is 4.04. The first kappa shape index (κ1) is 16.5. The Morgan fingerprint density at radius 2 is 2.05 bits per heavy atom. The van der Waals surface area contributed by atoms with Crippen molar-refractivity contribution >= 4 is 31.9 Å². The molecule has 2 rings (SSSR count). The molecule has 0 aliphatic carbocycles. The third-order valence-corrected chi connectivity index (χ3v) is 4.56. The molecule has 0 aliphatic rings. The summed E-state index contributed by atoms with van der Waals surface area (Å²) in [5.41, 5.74) is 2.86. The Hall–Kier alpha value is -0.920. The lowest BCUT2D eigenvalue weighted by molar-refractivity contribution is 0.411. The van der Waals surface area contributed by atoms with E-state index in [0.29, 0.717) is 0 Å². The molecule has 0 amide bonds. The summed E-state index contributed by atoms with van der Waals surface area (Å²) in [6.45, 7) is 7.07. The molecule has 1 atom stereocenters. The number of benzene rings is 1. The normalized spacial score (nSPS) is 12.5. The fourth-order valence-electron chi connectivity index (χ4n) is 2.21. The van der Waals surface area contributed by atoms with Crippen LogP contribution in [0.2, 0.25) is 0 Å². The maximum Gasteiger partial charge on any atom is 0.135 e. The Morgan fingerprint density at radius 1 is 1.33 bits per heavy atom. The van der Waals surface area contributed by atoms with E-state index < -0.39 is 0 Å². The first-order valence-electron chi connectivity index (χ1n) is 6.68. The minimum absolute atomic E-state index is 0.167. The zero-order chi connectivity index (χ0) is 15.6. The summed E-state index contributed by atoms with van der Waals surface area (Å²) in [7, 11) is 1.64. The maximum absolute atomic E-state index is 5.35. The number of nitrogens with zero attached hydrogens (tertiary/aromatic N) is 3. The molecule has 5 nitrogen and oxygen atoms in total. The minimum Gasteiger partial charge on any atom is -0.495 e. The molecule has 21 heavy (non-hydrogen) atoms. The van der Waals surface area contributed by atoms with Crippen LogP contribution in [0, 0.1) is 6.92 Å². The van der Waals surface area contributed by atoms with Gasteiger partial charge >= 0.3 is 0 Å². The van der Waals surface area contributed by atoms with Crippen LogP contribution in [0.25, 0.3) is 5.69 Å². The molecule has 0 radical (unpaired) electrons. The fraction of sp³-hybridized carbons (Fsp3) is 0.429. The Morgan fingerprint density at radius 3 is 2.67 bits per heavy atom. The van der Waals surface area contributed by atoms with Gasteiger partial charge in [0.1, 0.15) is 11.4 Å². The molecular weight excluding hydrogens is 400 g/mol. The first-order chi connectivity index (χ1) is 9.99. The van der Waals surface area contributed by atoms with E-state index in [9.17, 15) is 0 Å². The minimum atomic E-state index is 0.167. The largest absolute Gasteiger partial charge is 0.495 e. The molecule has 0 fully saturated rings. The van der Waals surface area contributed by atoms with Crippen LogP contribution >= 0.6 is 31.9 Å². The number of hydrogen-bond acceptors (Lipinski definition) is 4. The van der Waals surface area contributed by atoms with Crippen molar-refractivity contribution in [2.24, 2.45) is 0 Å². The van der Waals surface area contributed by atoms with Crippen molar-refractivity contribution in [1.29, 1.82) is 0 Å². The molecule has 1 N–H and O–H groups in total. The molecule has 1 aromatic heterocycles. The summed E-state index contributed by atoms with van der Waals surface area (Å²) in [4.78, 5) is 0. The molecule has 114 valence electrons. The molecule has 1 aromatic carbocycles. The predicted octanol–water partition coefficient (Wildman–Crippen LogP) is 3.78. The van der Waals surface area contributed by atoms with Gasteiger partial charge in [-0.1, -0.05) is 12.1 Å². The van der Waals surface area contributed by atoms with Crippen molar-refractivity contribution < 1.29 is 4.74 Å². The lowest BCUT2D eigenvalue weighted by Crippen LogP contribution is -2.19. The number of aromatic nitrogens is 3. The average Bonchev–Trinajstić information content (AvgIpc) is 2.81. The zero-order valence-corrected chi connectivity index (χ0v) is 15.6. The van der Waals surface area contributed by atoms with Crippen LogP contribution < -0.4 is 10.1 Å². The standard InChI is InChI=1S/C14H18Br2N4O/c1-5-17-8(2)14-9(3)20(19-18-14)12-7-13(21-4)11(16)6-10(12)15/h6-8,17H,5H2,1-4H3. The topological polar surface area (TPSA) is 52.0 Å². The van der Waals surface area contributed by atoms with E-state index in [2.05, 4.69) is 61.3 Å². The highest BCUT2D eigenvalue weighted by Crippen LogP contribution is 2.34. The van der Waals surface area contributed by atoms with Gasteiger partial charge in [0.05, 0.1) is 29.0 Å². The highest BCUT2D eigenvalue weighted by molar-refractivity contribution is 9.11. The Balaban J connectivity index is 2.48. The van der Waals surface area contributed by atoms with Crippen LogP contribution in [0.15, 0.2) is 21.1 Å². The number of halogens is 2. The quantitative estimate of drug-likeness (QED) is 0.804. The Bertz CT molecular complexity index is 642. The van der Waals surface area contributed by atoms with E-state index >= 15 is 0 Å². The molecule has 0 saturated heterocycles. The van der Waals surface area contributed by atoms with Crippen molar-refractivity contribution in [3.8, 4) is 11.4 Å². The zero-order valence-electron chi connectivity index (χ0n) is 12.4. The van der Waals surface area contributed by atoms with E-state index in [0.717, 1.165) is 38.3 Å². The van der Waals surface area contributed by atoms with Gasteiger partial charge < -0.3 is 10.1 Å². The maximum atomic E-state index is 5.35. The van der Waals surface area contributed by atoms with Gasteiger partial charge in [0.15, 0.2) is 0 Å². The summed E-state index contributed by atoms with van der Waals surface area (Å²) >= 11 is 7.04. The third-order valence-electron chi connectivity index (χ3n) is 3.30. The monoisotopic (exact) mass is 416 g/mol. The molecule has 0 aliphatic heterocycles. The van der Waals surface area contributed by atoms with Gasteiger partial charge in [0.2, 0.25) is 0 Å². The van der Waals surface area contributed by atoms with Gasteiger partial charge in [-0.2, -0.15) is 0 Å². The van der Waals surface area contributed by atoms with E-state index in [1.165, 1.54) is 0 Å². The van der Waals surface area contributed by atoms with Gasteiger partial charge in [-0.15, -0.1) is 5.10 Å². The molecule has 2 aromatic rings. The Labute approximate surface area is 141 Å². The van der Waals surface area contributed by atoms with Gasteiger partial charge in [-0.05, 0) is 58.3 Å². The van der Waals surface area contributed by atoms with E-state index in [1.807, 2.05) is 23.7 Å². The second-order valence-electron chi connectivity index (χ2n) is 4.69. The molecule has 0 spiro atoms. The SMILES string of the molecule is CCNC(C)c1nnn(-c2cc(OC)c(Br)cc2Br)c1C. The lowest BCUT2D eigenvalue weighted by atomic mass is 10.2. The highest BCUT2D eigenvalue weighted by Gasteiger charge is 2.18. The number of methoxy groups -OCH3 is 1. The van der Waals surface area contributed by atoms with Gasteiger partial charge in [-0.3, -0.25) is 0 Å². The van der Waals surface area contributed by atoms with Crippen molar-refractivity contribution in [2.75, 3.05) is 13.7 Å². The number of ether oxygens (including phenoxy) is 1. The first-order valence-corrected chi connectivity index (χ1v) is 8.27. The summed E-state index contributed by atoms with van der Waals surface area (Å²) in [5.74, 6) is 0.754. The predicted molar refractivity (Wildman–Crippen MR) is 90.1 cm³/mol. The van der Waals surface area contributed by atoms with Crippen molar-refractivity contribution in [3.63, 3.8) is 0 Å². The van der Waals surface area contributed by atoms with Gasteiger partial charge in [0.25, 0.3) is 0 Å². The fourth-order valence-corrected chi connectivity index (χ4v) is 3.53. The van der Waals surface area contributed by atoms with Crippen LogP contribution in [0.3, 0.4) is 0 Å².